The number of amides is 1. The zero-order valence-electron chi connectivity index (χ0n) is 14.1. The van der Waals surface area contributed by atoms with E-state index in [9.17, 15) is 4.79 Å². The lowest BCUT2D eigenvalue weighted by Crippen LogP contribution is -2.32. The average Bonchev–Trinajstić information content (AvgIpc) is 2.64. The van der Waals surface area contributed by atoms with Crippen molar-refractivity contribution in [3.63, 3.8) is 0 Å². The molecule has 0 aromatic heterocycles. The van der Waals surface area contributed by atoms with Crippen LogP contribution in [0.1, 0.15) is 18.1 Å². The van der Waals surface area contributed by atoms with Crippen LogP contribution in [-0.4, -0.2) is 19.6 Å². The fourth-order valence-corrected chi connectivity index (χ4v) is 2.15. The normalized spacial score (nSPS) is 11.6. The van der Waals surface area contributed by atoms with Crippen molar-refractivity contribution in [2.75, 3.05) is 13.7 Å². The van der Waals surface area contributed by atoms with Crippen molar-refractivity contribution in [1.82, 2.24) is 5.32 Å². The molecule has 2 rings (SSSR count). The smallest absolute Gasteiger partial charge is 0.224 e. The highest BCUT2D eigenvalue weighted by Crippen LogP contribution is 2.28. The first-order valence-electron chi connectivity index (χ1n) is 7.95. The van der Waals surface area contributed by atoms with Gasteiger partial charge in [-0.15, -0.1) is 0 Å². The molecular weight excluding hydrogens is 304 g/mol. The minimum Gasteiger partial charge on any atom is -0.493 e. The highest BCUT2D eigenvalue weighted by atomic mass is 16.5. The molecule has 5 heteroatoms. The molecule has 1 atom stereocenters. The summed E-state index contributed by atoms with van der Waals surface area (Å²) in [5.74, 6) is 1.07. The van der Waals surface area contributed by atoms with Crippen LogP contribution < -0.4 is 20.5 Å². The first-order valence-corrected chi connectivity index (χ1v) is 7.95. The van der Waals surface area contributed by atoms with Gasteiger partial charge in [0, 0.05) is 19.0 Å². The van der Waals surface area contributed by atoms with Crippen molar-refractivity contribution in [1.29, 1.82) is 0 Å². The molecule has 1 amide bonds. The van der Waals surface area contributed by atoms with E-state index < -0.39 is 0 Å². The summed E-state index contributed by atoms with van der Waals surface area (Å²) in [6.07, 6.45) is 0. The Morgan fingerprint density at radius 3 is 2.54 bits per heavy atom. The SMILES string of the molecule is COc1cc(CNC(=O)C(C)CN)ccc1OCc1ccccc1. The number of ether oxygens (including phenoxy) is 2. The summed E-state index contributed by atoms with van der Waals surface area (Å²) < 4.78 is 11.2. The number of hydrogen-bond acceptors (Lipinski definition) is 4. The van der Waals surface area contributed by atoms with Gasteiger partial charge >= 0.3 is 0 Å². The lowest BCUT2D eigenvalue weighted by Gasteiger charge is -2.14. The molecule has 2 aromatic rings. The van der Waals surface area contributed by atoms with Crippen molar-refractivity contribution in [3.8, 4) is 11.5 Å². The lowest BCUT2D eigenvalue weighted by molar-refractivity contribution is -0.124. The number of benzene rings is 2. The van der Waals surface area contributed by atoms with Gasteiger partial charge in [-0.25, -0.2) is 0 Å². The zero-order valence-corrected chi connectivity index (χ0v) is 14.1. The van der Waals surface area contributed by atoms with E-state index in [1.165, 1.54) is 0 Å². The average molecular weight is 328 g/mol. The molecule has 0 spiro atoms. The molecule has 2 aromatic carbocycles. The standard InChI is InChI=1S/C19H24N2O3/c1-14(11-20)19(22)21-12-16-8-9-17(18(10-16)23-2)24-13-15-6-4-3-5-7-15/h3-10,14H,11-13,20H2,1-2H3,(H,21,22). The maximum absolute atomic E-state index is 11.8. The third-order valence-corrected chi connectivity index (χ3v) is 3.73. The van der Waals surface area contributed by atoms with Crippen LogP contribution in [0.3, 0.4) is 0 Å². The topological polar surface area (TPSA) is 73.6 Å². The highest BCUT2D eigenvalue weighted by molar-refractivity contribution is 5.78. The van der Waals surface area contributed by atoms with E-state index >= 15 is 0 Å². The van der Waals surface area contributed by atoms with Gasteiger partial charge in [0.25, 0.3) is 0 Å². The Balaban J connectivity index is 1.98. The molecule has 5 nitrogen and oxygen atoms in total. The molecule has 24 heavy (non-hydrogen) atoms. The highest BCUT2D eigenvalue weighted by Gasteiger charge is 2.11. The summed E-state index contributed by atoms with van der Waals surface area (Å²) in [7, 11) is 1.60. The van der Waals surface area contributed by atoms with E-state index in [1.807, 2.05) is 48.5 Å². The third-order valence-electron chi connectivity index (χ3n) is 3.73. The number of nitrogens with one attached hydrogen (secondary N) is 1. The van der Waals surface area contributed by atoms with Crippen LogP contribution in [0.15, 0.2) is 48.5 Å². The summed E-state index contributed by atoms with van der Waals surface area (Å²) in [6.45, 7) is 3.04. The summed E-state index contributed by atoms with van der Waals surface area (Å²) in [5, 5.41) is 2.86. The number of methoxy groups -OCH3 is 1. The van der Waals surface area contributed by atoms with Gasteiger partial charge in [-0.3, -0.25) is 4.79 Å². The predicted molar refractivity (Wildman–Crippen MR) is 93.8 cm³/mol. The summed E-state index contributed by atoms with van der Waals surface area (Å²) in [6, 6.07) is 15.6. The monoisotopic (exact) mass is 328 g/mol. The van der Waals surface area contributed by atoms with E-state index in [-0.39, 0.29) is 11.8 Å². The Hall–Kier alpha value is -2.53. The number of carbonyl (C=O) groups excluding carboxylic acids is 1. The Morgan fingerprint density at radius 1 is 1.12 bits per heavy atom. The van der Waals surface area contributed by atoms with Crippen molar-refractivity contribution in [3.05, 3.63) is 59.7 Å². The fraction of sp³-hybridized carbons (Fsp3) is 0.316. The van der Waals surface area contributed by atoms with Crippen LogP contribution in [-0.2, 0) is 17.9 Å². The van der Waals surface area contributed by atoms with Crippen LogP contribution in [0.25, 0.3) is 0 Å². The Labute approximate surface area is 142 Å². The second-order valence-corrected chi connectivity index (χ2v) is 5.61. The first kappa shape index (κ1) is 17.8. The van der Waals surface area contributed by atoms with E-state index in [0.717, 1.165) is 11.1 Å². The number of rotatable bonds is 8. The Kier molecular flexibility index (Phi) is 6.63. The lowest BCUT2D eigenvalue weighted by atomic mass is 10.1. The van der Waals surface area contributed by atoms with E-state index in [1.54, 1.807) is 14.0 Å². The van der Waals surface area contributed by atoms with Crippen LogP contribution in [0.4, 0.5) is 0 Å². The maximum atomic E-state index is 11.8. The second kappa shape index (κ2) is 8.93. The van der Waals surface area contributed by atoms with Crippen molar-refractivity contribution in [2.45, 2.75) is 20.1 Å². The van der Waals surface area contributed by atoms with Gasteiger partial charge in [0.15, 0.2) is 11.5 Å². The first-order chi connectivity index (χ1) is 11.6. The molecule has 0 aliphatic heterocycles. The van der Waals surface area contributed by atoms with Gasteiger partial charge in [0.1, 0.15) is 6.61 Å². The van der Waals surface area contributed by atoms with Crippen LogP contribution in [0, 0.1) is 5.92 Å². The minimum atomic E-state index is -0.194. The molecule has 0 radical (unpaired) electrons. The van der Waals surface area contributed by atoms with Gasteiger partial charge in [0.05, 0.1) is 7.11 Å². The van der Waals surface area contributed by atoms with Crippen LogP contribution in [0.2, 0.25) is 0 Å². The van der Waals surface area contributed by atoms with Gasteiger partial charge in [0.2, 0.25) is 5.91 Å². The molecule has 0 aliphatic rings. The molecule has 3 N–H and O–H groups in total. The molecule has 128 valence electrons. The molecule has 0 saturated heterocycles. The Morgan fingerprint density at radius 2 is 1.88 bits per heavy atom. The summed E-state index contributed by atoms with van der Waals surface area (Å²) >= 11 is 0. The number of hydrogen-bond donors (Lipinski definition) is 2. The molecule has 1 unspecified atom stereocenters. The van der Waals surface area contributed by atoms with Gasteiger partial charge in [-0.05, 0) is 23.3 Å². The minimum absolute atomic E-state index is 0.0547. The van der Waals surface area contributed by atoms with Gasteiger partial charge in [-0.2, -0.15) is 0 Å². The van der Waals surface area contributed by atoms with Crippen molar-refractivity contribution < 1.29 is 14.3 Å². The van der Waals surface area contributed by atoms with E-state index in [0.29, 0.717) is 31.2 Å². The molecular formula is C19H24N2O3. The molecule has 0 heterocycles. The van der Waals surface area contributed by atoms with E-state index in [2.05, 4.69) is 5.32 Å². The fourth-order valence-electron chi connectivity index (χ4n) is 2.15. The van der Waals surface area contributed by atoms with Gasteiger partial charge in [-0.1, -0.05) is 43.3 Å². The molecule has 0 bridgehead atoms. The van der Waals surface area contributed by atoms with Crippen LogP contribution >= 0.6 is 0 Å². The molecule has 0 fully saturated rings. The molecule has 0 saturated carbocycles. The van der Waals surface area contributed by atoms with Gasteiger partial charge < -0.3 is 20.5 Å². The number of carbonyl (C=O) groups is 1. The number of nitrogens with two attached hydrogens (primary N) is 1. The second-order valence-electron chi connectivity index (χ2n) is 5.61. The quantitative estimate of drug-likeness (QED) is 0.781. The maximum Gasteiger partial charge on any atom is 0.224 e. The van der Waals surface area contributed by atoms with Crippen molar-refractivity contribution >= 4 is 5.91 Å². The summed E-state index contributed by atoms with van der Waals surface area (Å²) in [5.41, 5.74) is 7.52. The molecule has 0 aliphatic carbocycles. The zero-order chi connectivity index (χ0) is 17.4. The van der Waals surface area contributed by atoms with Crippen LogP contribution in [0.5, 0.6) is 11.5 Å². The van der Waals surface area contributed by atoms with E-state index in [4.69, 9.17) is 15.2 Å². The van der Waals surface area contributed by atoms with Crippen molar-refractivity contribution in [2.24, 2.45) is 11.7 Å². The third kappa shape index (κ3) is 4.99. The predicted octanol–water partition coefficient (Wildman–Crippen LogP) is 2.49. The Bertz CT molecular complexity index is 659. The largest absolute Gasteiger partial charge is 0.493 e. The summed E-state index contributed by atoms with van der Waals surface area (Å²) in [4.78, 5) is 11.8.